The average Bonchev–Trinajstić information content (AvgIpc) is 2.71. The highest BCUT2D eigenvalue weighted by Crippen LogP contribution is 2.65. The van der Waals surface area contributed by atoms with Gasteiger partial charge in [-0.15, -0.1) is 11.3 Å². The Kier molecular flexibility index (Phi) is 2.44. The Hall–Kier alpha value is -0.350. The number of thiophene rings is 1. The molecule has 4 atom stereocenters. The molecule has 3 saturated carbocycles. The summed E-state index contributed by atoms with van der Waals surface area (Å²) in [6.45, 7) is 2.03. The van der Waals surface area contributed by atoms with Gasteiger partial charge in [0.2, 0.25) is 0 Å². The monoisotopic (exact) mass is 325 g/mol. The maximum atomic E-state index is 12.2. The summed E-state index contributed by atoms with van der Waals surface area (Å²) in [5, 5.41) is 3.26. The molecule has 3 fully saturated rings. The van der Waals surface area contributed by atoms with Gasteiger partial charge < -0.3 is 5.32 Å². The molecule has 4 heteroatoms. The van der Waals surface area contributed by atoms with Gasteiger partial charge in [0.05, 0.1) is 8.66 Å². The third-order valence-electron chi connectivity index (χ3n) is 5.11. The molecule has 0 aromatic carbocycles. The zero-order chi connectivity index (χ0) is 12.4. The fourth-order valence-corrected chi connectivity index (χ4v) is 5.75. The van der Waals surface area contributed by atoms with Crippen LogP contribution in [0.1, 0.15) is 34.5 Å². The molecule has 0 aliphatic heterocycles. The molecule has 0 spiro atoms. The predicted molar refractivity (Wildman–Crippen MR) is 75.8 cm³/mol. The fraction of sp³-hybridized carbons (Fsp3) is 0.643. The second-order valence-corrected chi connectivity index (χ2v) is 8.42. The number of nitrogens with one attached hydrogen (secondary N) is 1. The molecule has 1 heterocycles. The average molecular weight is 326 g/mol. The van der Waals surface area contributed by atoms with Crippen molar-refractivity contribution in [2.24, 2.45) is 23.7 Å². The number of rotatable bonds is 2. The fourth-order valence-electron chi connectivity index (χ4n) is 4.31. The molecule has 18 heavy (non-hydrogen) atoms. The van der Waals surface area contributed by atoms with Gasteiger partial charge in [-0.05, 0) is 77.4 Å². The largest absolute Gasteiger partial charge is 0.348 e. The number of carbonyl (C=O) groups excluding carboxylic acids is 1. The highest BCUT2D eigenvalue weighted by molar-refractivity contribution is 9.11. The van der Waals surface area contributed by atoms with Crippen molar-refractivity contribution >= 4 is 33.2 Å². The number of aryl methyl sites for hydroxylation is 1. The van der Waals surface area contributed by atoms with E-state index >= 15 is 0 Å². The van der Waals surface area contributed by atoms with E-state index in [1.54, 1.807) is 11.3 Å². The summed E-state index contributed by atoms with van der Waals surface area (Å²) in [7, 11) is 0. The SMILES string of the molecule is Cc1cc(C(=O)NC2C3C4CCC(C4)C23)sc1Br. The van der Waals surface area contributed by atoms with Gasteiger partial charge in [0.25, 0.3) is 5.91 Å². The van der Waals surface area contributed by atoms with Crippen molar-refractivity contribution in [1.29, 1.82) is 0 Å². The van der Waals surface area contributed by atoms with Crippen LogP contribution in [0.4, 0.5) is 0 Å². The van der Waals surface area contributed by atoms with E-state index < -0.39 is 0 Å². The lowest BCUT2D eigenvalue weighted by atomic mass is 10.0. The van der Waals surface area contributed by atoms with Crippen LogP contribution in [0.3, 0.4) is 0 Å². The van der Waals surface area contributed by atoms with Crippen molar-refractivity contribution in [3.63, 3.8) is 0 Å². The molecule has 1 aromatic heterocycles. The van der Waals surface area contributed by atoms with Crippen molar-refractivity contribution in [2.45, 2.75) is 32.2 Å². The number of carbonyl (C=O) groups is 1. The van der Waals surface area contributed by atoms with Gasteiger partial charge in [-0.3, -0.25) is 4.79 Å². The first-order valence-corrected chi connectivity index (χ1v) is 8.33. The molecule has 3 aliphatic rings. The number of hydrogen-bond acceptors (Lipinski definition) is 2. The molecular weight excluding hydrogens is 310 g/mol. The first-order valence-electron chi connectivity index (χ1n) is 6.72. The Labute approximate surface area is 119 Å². The number of hydrogen-bond donors (Lipinski definition) is 1. The van der Waals surface area contributed by atoms with E-state index in [0.29, 0.717) is 6.04 Å². The molecule has 0 radical (unpaired) electrons. The Morgan fingerprint density at radius 3 is 2.61 bits per heavy atom. The van der Waals surface area contributed by atoms with Crippen LogP contribution in [0.15, 0.2) is 9.85 Å². The number of amides is 1. The van der Waals surface area contributed by atoms with E-state index in [9.17, 15) is 4.79 Å². The van der Waals surface area contributed by atoms with Crippen molar-refractivity contribution < 1.29 is 4.79 Å². The first-order chi connectivity index (χ1) is 8.65. The molecule has 4 unspecified atom stereocenters. The second-order valence-electron chi connectivity index (χ2n) is 6.05. The van der Waals surface area contributed by atoms with E-state index in [1.165, 1.54) is 19.3 Å². The minimum Gasteiger partial charge on any atom is -0.348 e. The van der Waals surface area contributed by atoms with Crippen molar-refractivity contribution in [3.05, 3.63) is 20.3 Å². The quantitative estimate of drug-likeness (QED) is 0.884. The zero-order valence-corrected chi connectivity index (χ0v) is 12.7. The third kappa shape index (κ3) is 1.54. The molecule has 0 saturated heterocycles. The molecule has 2 bridgehead atoms. The topological polar surface area (TPSA) is 29.1 Å². The summed E-state index contributed by atoms with van der Waals surface area (Å²) in [4.78, 5) is 13.0. The van der Waals surface area contributed by atoms with Crippen LogP contribution in [0.5, 0.6) is 0 Å². The van der Waals surface area contributed by atoms with Gasteiger partial charge >= 0.3 is 0 Å². The lowest BCUT2D eigenvalue weighted by molar-refractivity contribution is 0.0948. The predicted octanol–water partition coefficient (Wildman–Crippen LogP) is 3.59. The van der Waals surface area contributed by atoms with Gasteiger partial charge in [-0.1, -0.05) is 0 Å². The molecule has 1 aromatic rings. The van der Waals surface area contributed by atoms with E-state index in [0.717, 1.165) is 37.9 Å². The highest BCUT2D eigenvalue weighted by atomic mass is 79.9. The summed E-state index contributed by atoms with van der Waals surface area (Å²) < 4.78 is 1.07. The minimum atomic E-state index is 0.132. The Morgan fingerprint density at radius 2 is 2.06 bits per heavy atom. The van der Waals surface area contributed by atoms with E-state index in [-0.39, 0.29) is 5.91 Å². The van der Waals surface area contributed by atoms with Crippen LogP contribution < -0.4 is 5.32 Å². The van der Waals surface area contributed by atoms with Crippen molar-refractivity contribution in [1.82, 2.24) is 5.32 Å². The van der Waals surface area contributed by atoms with Crippen LogP contribution >= 0.6 is 27.3 Å². The normalized spacial score (nSPS) is 39.8. The summed E-state index contributed by atoms with van der Waals surface area (Å²) in [6, 6.07) is 2.47. The molecule has 96 valence electrons. The Balaban J connectivity index is 1.46. The lowest BCUT2D eigenvalue weighted by Crippen LogP contribution is -2.29. The minimum absolute atomic E-state index is 0.132. The van der Waals surface area contributed by atoms with Crippen LogP contribution in [-0.2, 0) is 0 Å². The van der Waals surface area contributed by atoms with E-state index in [1.807, 2.05) is 13.0 Å². The molecule has 1 amide bonds. The molecule has 2 nitrogen and oxygen atoms in total. The van der Waals surface area contributed by atoms with Crippen molar-refractivity contribution in [3.8, 4) is 0 Å². The van der Waals surface area contributed by atoms with E-state index in [2.05, 4.69) is 21.2 Å². The van der Waals surface area contributed by atoms with Gasteiger partial charge in [-0.2, -0.15) is 0 Å². The standard InChI is InChI=1S/C14H16BrNOS/c1-6-4-9(18-13(6)15)14(17)16-12-10-7-2-3-8(5-7)11(10)12/h4,7-8,10-12H,2-3,5H2,1H3,(H,16,17). The molecular formula is C14H16BrNOS. The van der Waals surface area contributed by atoms with Gasteiger partial charge in [0.1, 0.15) is 0 Å². The van der Waals surface area contributed by atoms with Crippen LogP contribution in [-0.4, -0.2) is 11.9 Å². The number of fused-ring (bicyclic) bond motifs is 5. The summed E-state index contributed by atoms with van der Waals surface area (Å²) in [5.74, 6) is 3.60. The smallest absolute Gasteiger partial charge is 0.261 e. The van der Waals surface area contributed by atoms with Crippen LogP contribution in [0, 0.1) is 30.6 Å². The zero-order valence-electron chi connectivity index (χ0n) is 10.3. The second kappa shape index (κ2) is 3.83. The highest BCUT2D eigenvalue weighted by Gasteiger charge is 2.65. The van der Waals surface area contributed by atoms with Gasteiger partial charge in [0, 0.05) is 6.04 Å². The summed E-state index contributed by atoms with van der Waals surface area (Å²) >= 11 is 5.02. The summed E-state index contributed by atoms with van der Waals surface area (Å²) in [6.07, 6.45) is 4.25. The van der Waals surface area contributed by atoms with Crippen molar-refractivity contribution in [2.75, 3.05) is 0 Å². The Morgan fingerprint density at radius 1 is 1.39 bits per heavy atom. The number of halogens is 1. The summed E-state index contributed by atoms with van der Waals surface area (Å²) in [5.41, 5.74) is 1.15. The maximum absolute atomic E-state index is 12.2. The molecule has 4 rings (SSSR count). The van der Waals surface area contributed by atoms with Gasteiger partial charge in [-0.25, -0.2) is 0 Å². The molecule has 1 N–H and O–H groups in total. The van der Waals surface area contributed by atoms with Gasteiger partial charge in [0.15, 0.2) is 0 Å². The maximum Gasteiger partial charge on any atom is 0.261 e. The Bertz CT molecular complexity index is 490. The van der Waals surface area contributed by atoms with Crippen LogP contribution in [0.2, 0.25) is 0 Å². The lowest BCUT2D eigenvalue weighted by Gasteiger charge is -2.09. The van der Waals surface area contributed by atoms with Crippen LogP contribution in [0.25, 0.3) is 0 Å². The third-order valence-corrected chi connectivity index (χ3v) is 7.25. The molecule has 3 aliphatic carbocycles. The first kappa shape index (κ1) is 11.5. The van der Waals surface area contributed by atoms with E-state index in [4.69, 9.17) is 0 Å².